The number of methoxy groups -OCH3 is 1. The number of hydrogen-bond acceptors (Lipinski definition) is 9. The number of H-pyrrole nitrogens is 1. The van der Waals surface area contributed by atoms with Crippen molar-refractivity contribution in [2.75, 3.05) is 17.7 Å². The summed E-state index contributed by atoms with van der Waals surface area (Å²) in [6.07, 6.45) is 4.70. The molecule has 0 radical (unpaired) electrons. The number of tetrazole rings is 1. The van der Waals surface area contributed by atoms with E-state index < -0.39 is 24.1 Å². The number of aliphatic hydroxyl groups excluding tert-OH is 1. The summed E-state index contributed by atoms with van der Waals surface area (Å²) >= 11 is 6.17. The number of hydrogen-bond donors (Lipinski definition) is 5. The number of amides is 3. The van der Waals surface area contributed by atoms with Gasteiger partial charge < -0.3 is 25.5 Å². The Labute approximate surface area is 244 Å². The van der Waals surface area contributed by atoms with Crippen LogP contribution in [0.4, 0.5) is 16.2 Å². The molecular weight excluding hydrogens is 566 g/mol. The lowest BCUT2D eigenvalue weighted by Gasteiger charge is -2.20. The molecule has 2 aromatic carbocycles. The summed E-state index contributed by atoms with van der Waals surface area (Å²) in [5.41, 5.74) is 3.11. The predicted molar refractivity (Wildman–Crippen MR) is 153 cm³/mol. The van der Waals surface area contributed by atoms with Crippen molar-refractivity contribution in [3.8, 4) is 16.9 Å². The number of benzene rings is 2. The number of carbonyl (C=O) groups is 3. The van der Waals surface area contributed by atoms with Gasteiger partial charge in [0.25, 0.3) is 0 Å². The van der Waals surface area contributed by atoms with E-state index in [9.17, 15) is 19.5 Å². The molecule has 0 saturated heterocycles. The minimum Gasteiger partial charge on any atom is -0.453 e. The quantitative estimate of drug-likeness (QED) is 0.217. The predicted octanol–water partition coefficient (Wildman–Crippen LogP) is 3.24. The van der Waals surface area contributed by atoms with Crippen LogP contribution in [0.15, 0.2) is 55.0 Å². The molecule has 0 fully saturated rings. The van der Waals surface area contributed by atoms with Gasteiger partial charge in [-0.05, 0) is 59.3 Å². The number of fused-ring (bicyclic) bond motifs is 4. The average Bonchev–Trinajstić information content (AvgIpc) is 3.68. The Morgan fingerprint density at radius 1 is 1.24 bits per heavy atom. The van der Waals surface area contributed by atoms with Crippen LogP contribution in [0.2, 0.25) is 5.02 Å². The van der Waals surface area contributed by atoms with Gasteiger partial charge in [0.05, 0.1) is 36.3 Å². The smallest absolute Gasteiger partial charge is 0.411 e. The Hall–Kier alpha value is -5.08. The maximum absolute atomic E-state index is 13.1. The fourth-order valence-corrected chi connectivity index (χ4v) is 4.62. The molecule has 1 aliphatic heterocycles. The number of aromatic amines is 1. The molecule has 2 aromatic heterocycles. The molecule has 2 atom stereocenters. The summed E-state index contributed by atoms with van der Waals surface area (Å²) in [5, 5.41) is 30.6. The van der Waals surface area contributed by atoms with Crippen LogP contribution < -0.4 is 16.0 Å². The van der Waals surface area contributed by atoms with Crippen LogP contribution in [0.3, 0.4) is 0 Å². The lowest BCUT2D eigenvalue weighted by Crippen LogP contribution is -2.31. The molecule has 0 aliphatic carbocycles. The van der Waals surface area contributed by atoms with Gasteiger partial charge >= 0.3 is 6.09 Å². The molecule has 14 nitrogen and oxygen atoms in total. The summed E-state index contributed by atoms with van der Waals surface area (Å²) in [6.45, 7) is 0. The molecule has 216 valence electrons. The Balaban J connectivity index is 1.41. The Bertz CT molecular complexity index is 1640. The number of carbonyl (C=O) groups excluding carboxylic acids is 3. The zero-order valence-corrected chi connectivity index (χ0v) is 23.0. The number of imidazole rings is 1. The fourth-order valence-electron chi connectivity index (χ4n) is 4.43. The van der Waals surface area contributed by atoms with E-state index in [1.54, 1.807) is 48.7 Å². The molecule has 5 N–H and O–H groups in total. The lowest BCUT2D eigenvalue weighted by atomic mass is 10.0. The van der Waals surface area contributed by atoms with E-state index in [0.29, 0.717) is 44.7 Å². The number of rotatable bonds is 5. The number of ether oxygens (including phenoxy) is 1. The highest BCUT2D eigenvalue weighted by molar-refractivity contribution is 6.30. The maximum Gasteiger partial charge on any atom is 0.411 e. The number of aromatic nitrogens is 6. The zero-order valence-electron chi connectivity index (χ0n) is 22.2. The first-order valence-corrected chi connectivity index (χ1v) is 13.2. The Kier molecular flexibility index (Phi) is 8.55. The van der Waals surface area contributed by atoms with Crippen LogP contribution in [0.5, 0.6) is 0 Å². The first kappa shape index (κ1) is 28.4. The lowest BCUT2D eigenvalue weighted by molar-refractivity contribution is -0.118. The van der Waals surface area contributed by atoms with Gasteiger partial charge in [-0.15, -0.1) is 5.10 Å². The number of halogens is 1. The van der Waals surface area contributed by atoms with Crippen LogP contribution in [-0.2, 0) is 14.3 Å². The van der Waals surface area contributed by atoms with Gasteiger partial charge in [-0.25, -0.2) is 9.78 Å². The van der Waals surface area contributed by atoms with Gasteiger partial charge in [-0.3, -0.25) is 14.9 Å². The van der Waals surface area contributed by atoms with E-state index in [4.69, 9.17) is 11.6 Å². The summed E-state index contributed by atoms with van der Waals surface area (Å²) in [4.78, 5) is 45.2. The summed E-state index contributed by atoms with van der Waals surface area (Å²) in [7, 11) is 1.25. The third-order valence-corrected chi connectivity index (χ3v) is 6.69. The molecule has 2 bridgehead atoms. The molecule has 5 rings (SSSR count). The molecule has 1 aliphatic rings. The standard InChI is InChI=1S/C27H26ClN9O5/c1-42-27(41)31-17-4-6-19-20(11-17)32-25(40)9-5-18(38)12-21(26-29-13-22(19)34-26)33-24(39)8-2-15-10-16(28)3-7-23(15)37-14-30-35-36-37/h2-4,6-8,10-11,13-14,18,21,38H,5,9,12H2,1H3,(H,29,34)(H,31,41)(H,32,40)(H,33,39)/t18-,21?/m0/s1. The van der Waals surface area contributed by atoms with E-state index in [0.717, 1.165) is 0 Å². The van der Waals surface area contributed by atoms with Crippen LogP contribution in [-0.4, -0.2) is 66.4 Å². The number of aliphatic hydroxyl groups is 1. The van der Waals surface area contributed by atoms with Crippen LogP contribution in [0.25, 0.3) is 23.0 Å². The second-order valence-electron chi connectivity index (χ2n) is 9.38. The largest absolute Gasteiger partial charge is 0.453 e. The van der Waals surface area contributed by atoms with Gasteiger partial charge in [0.1, 0.15) is 12.2 Å². The minimum atomic E-state index is -0.913. The van der Waals surface area contributed by atoms with E-state index >= 15 is 0 Å². The molecule has 1 unspecified atom stereocenters. The molecule has 4 aromatic rings. The SMILES string of the molecule is COC(=O)Nc1ccc2c(c1)NC(=O)CC[C@H](O)CC(NC(=O)C=Cc1cc(Cl)ccc1-n1cnnn1)c1nc-2c[nH]1. The molecular formula is C27H26ClN9O5. The Morgan fingerprint density at radius 2 is 2.10 bits per heavy atom. The van der Waals surface area contributed by atoms with E-state index in [2.05, 4.69) is 46.2 Å². The number of nitrogens with one attached hydrogen (secondary N) is 4. The van der Waals surface area contributed by atoms with Crippen molar-refractivity contribution in [2.24, 2.45) is 0 Å². The van der Waals surface area contributed by atoms with E-state index in [1.165, 1.54) is 24.2 Å². The average molecular weight is 592 g/mol. The Morgan fingerprint density at radius 3 is 2.88 bits per heavy atom. The van der Waals surface area contributed by atoms with Crippen molar-refractivity contribution in [2.45, 2.75) is 31.4 Å². The normalized spacial score (nSPS) is 17.0. The van der Waals surface area contributed by atoms with Gasteiger partial charge in [-0.2, -0.15) is 4.68 Å². The second kappa shape index (κ2) is 12.6. The monoisotopic (exact) mass is 591 g/mol. The molecule has 15 heteroatoms. The molecule has 42 heavy (non-hydrogen) atoms. The molecule has 0 saturated carbocycles. The summed E-state index contributed by atoms with van der Waals surface area (Å²) in [5.74, 6) is -0.362. The second-order valence-corrected chi connectivity index (χ2v) is 9.81. The molecule has 0 spiro atoms. The van der Waals surface area contributed by atoms with Crippen molar-refractivity contribution < 1.29 is 24.2 Å². The molecule has 3 amide bonds. The van der Waals surface area contributed by atoms with Gasteiger partial charge in [0, 0.05) is 47.0 Å². The van der Waals surface area contributed by atoms with Crippen molar-refractivity contribution in [1.29, 1.82) is 0 Å². The van der Waals surface area contributed by atoms with E-state index in [-0.39, 0.29) is 25.2 Å². The third-order valence-electron chi connectivity index (χ3n) is 6.46. The minimum absolute atomic E-state index is 0.0312. The fraction of sp³-hybridized carbons (Fsp3) is 0.222. The number of anilines is 2. The first-order chi connectivity index (χ1) is 20.3. The van der Waals surface area contributed by atoms with Crippen molar-refractivity contribution >= 4 is 47.0 Å². The van der Waals surface area contributed by atoms with Crippen LogP contribution in [0, 0.1) is 0 Å². The third kappa shape index (κ3) is 6.79. The highest BCUT2D eigenvalue weighted by Gasteiger charge is 2.24. The van der Waals surface area contributed by atoms with Gasteiger partial charge in [-0.1, -0.05) is 11.6 Å². The van der Waals surface area contributed by atoms with Crippen molar-refractivity contribution in [1.82, 2.24) is 35.5 Å². The topological polar surface area (TPSA) is 189 Å². The van der Waals surface area contributed by atoms with Crippen molar-refractivity contribution in [3.63, 3.8) is 0 Å². The van der Waals surface area contributed by atoms with Crippen LogP contribution >= 0.6 is 11.6 Å². The maximum atomic E-state index is 13.1. The summed E-state index contributed by atoms with van der Waals surface area (Å²) < 4.78 is 6.09. The van der Waals surface area contributed by atoms with Gasteiger partial charge in [0.15, 0.2) is 0 Å². The highest BCUT2D eigenvalue weighted by Crippen LogP contribution is 2.32. The first-order valence-electron chi connectivity index (χ1n) is 12.8. The summed E-state index contributed by atoms with van der Waals surface area (Å²) in [6, 6.07) is 9.33. The zero-order chi connectivity index (χ0) is 29.6. The van der Waals surface area contributed by atoms with Crippen LogP contribution in [0.1, 0.15) is 36.7 Å². The van der Waals surface area contributed by atoms with Gasteiger partial charge in [0.2, 0.25) is 11.8 Å². The van der Waals surface area contributed by atoms with Crippen molar-refractivity contribution in [3.05, 3.63) is 71.4 Å². The molecule has 3 heterocycles. The van der Waals surface area contributed by atoms with E-state index in [1.807, 2.05) is 0 Å². The number of nitrogens with zero attached hydrogens (tertiary/aromatic N) is 5. The highest BCUT2D eigenvalue weighted by atomic mass is 35.5.